The molecule has 0 aromatic heterocycles. The van der Waals surface area contributed by atoms with E-state index in [2.05, 4.69) is 0 Å². The lowest BCUT2D eigenvalue weighted by Gasteiger charge is -2.10. The average molecular weight is 200 g/mol. The van der Waals surface area contributed by atoms with Gasteiger partial charge in [0.1, 0.15) is 0 Å². The Morgan fingerprint density at radius 1 is 1.29 bits per heavy atom. The molecule has 0 fully saturated rings. The van der Waals surface area contributed by atoms with Gasteiger partial charge < -0.3 is 5.11 Å². The first-order valence-corrected chi connectivity index (χ1v) is 4.78. The molecule has 1 unspecified atom stereocenters. The largest absolute Gasteiger partial charge is 0.388 e. The minimum atomic E-state index is -0.905. The molecule has 14 heavy (non-hydrogen) atoms. The van der Waals surface area contributed by atoms with Crippen molar-refractivity contribution in [3.63, 3.8) is 0 Å². The summed E-state index contributed by atoms with van der Waals surface area (Å²) in [6.45, 7) is 2.01. The van der Waals surface area contributed by atoms with E-state index < -0.39 is 17.7 Å². The zero-order valence-electron chi connectivity index (χ0n) is 8.13. The molecular formula is C11H14F2O. The van der Waals surface area contributed by atoms with Gasteiger partial charge in [0.2, 0.25) is 0 Å². The monoisotopic (exact) mass is 200 g/mol. The molecule has 0 aliphatic rings. The fraction of sp³-hybridized carbons (Fsp3) is 0.455. The van der Waals surface area contributed by atoms with Gasteiger partial charge in [-0.3, -0.25) is 0 Å². The molecule has 0 aliphatic heterocycles. The molecule has 1 aromatic carbocycles. The number of benzene rings is 1. The lowest BCUT2D eigenvalue weighted by Crippen LogP contribution is -1.98. The third-order valence-electron chi connectivity index (χ3n) is 2.16. The fourth-order valence-electron chi connectivity index (χ4n) is 1.28. The molecule has 0 heterocycles. The Kier molecular flexibility index (Phi) is 4.01. The topological polar surface area (TPSA) is 20.2 Å². The van der Waals surface area contributed by atoms with Gasteiger partial charge >= 0.3 is 0 Å². The summed E-state index contributed by atoms with van der Waals surface area (Å²) in [7, 11) is 0. The Hall–Kier alpha value is -0.960. The smallest absolute Gasteiger partial charge is 0.159 e. The van der Waals surface area contributed by atoms with Crippen molar-refractivity contribution in [2.75, 3.05) is 0 Å². The van der Waals surface area contributed by atoms with Gasteiger partial charge in [0.05, 0.1) is 6.10 Å². The summed E-state index contributed by atoms with van der Waals surface area (Å²) in [5.41, 5.74) is 0.442. The van der Waals surface area contributed by atoms with E-state index in [9.17, 15) is 13.9 Å². The maximum Gasteiger partial charge on any atom is 0.159 e. The van der Waals surface area contributed by atoms with Crippen molar-refractivity contribution in [1.29, 1.82) is 0 Å². The van der Waals surface area contributed by atoms with Gasteiger partial charge in [-0.1, -0.05) is 25.8 Å². The molecule has 0 saturated carbocycles. The van der Waals surface area contributed by atoms with Crippen LogP contribution in [0.25, 0.3) is 0 Å². The summed E-state index contributed by atoms with van der Waals surface area (Å²) in [5.74, 6) is -1.78. The van der Waals surface area contributed by atoms with Gasteiger partial charge in [-0.25, -0.2) is 8.78 Å². The van der Waals surface area contributed by atoms with Crippen LogP contribution in [-0.4, -0.2) is 5.11 Å². The van der Waals surface area contributed by atoms with Gasteiger partial charge in [0.15, 0.2) is 11.6 Å². The van der Waals surface area contributed by atoms with Crippen LogP contribution in [0.5, 0.6) is 0 Å². The van der Waals surface area contributed by atoms with Crippen LogP contribution in [0.2, 0.25) is 0 Å². The SMILES string of the molecule is CCCCC(O)c1ccc(F)c(F)c1. The predicted molar refractivity (Wildman–Crippen MR) is 50.8 cm³/mol. The van der Waals surface area contributed by atoms with Crippen LogP contribution in [0.15, 0.2) is 18.2 Å². The third kappa shape index (κ3) is 2.77. The molecule has 0 bridgehead atoms. The number of unbranched alkanes of at least 4 members (excludes halogenated alkanes) is 1. The van der Waals surface area contributed by atoms with Gasteiger partial charge in [-0.15, -0.1) is 0 Å². The summed E-state index contributed by atoms with van der Waals surface area (Å²) in [6.07, 6.45) is 1.74. The molecule has 0 aliphatic carbocycles. The van der Waals surface area contributed by atoms with Gasteiger partial charge in [-0.2, -0.15) is 0 Å². The Bertz CT molecular complexity index is 299. The van der Waals surface area contributed by atoms with E-state index in [-0.39, 0.29) is 0 Å². The average Bonchev–Trinajstić information content (AvgIpc) is 2.18. The lowest BCUT2D eigenvalue weighted by atomic mass is 10.0. The maximum atomic E-state index is 12.8. The normalized spacial score (nSPS) is 12.9. The zero-order valence-corrected chi connectivity index (χ0v) is 8.13. The van der Waals surface area contributed by atoms with Crippen molar-refractivity contribution in [3.8, 4) is 0 Å². The molecule has 0 radical (unpaired) electrons. The van der Waals surface area contributed by atoms with Gasteiger partial charge in [-0.05, 0) is 24.1 Å². The second kappa shape index (κ2) is 5.05. The minimum absolute atomic E-state index is 0.442. The van der Waals surface area contributed by atoms with Crippen molar-refractivity contribution in [1.82, 2.24) is 0 Å². The van der Waals surface area contributed by atoms with E-state index >= 15 is 0 Å². The Balaban J connectivity index is 2.70. The highest BCUT2D eigenvalue weighted by molar-refractivity contribution is 5.19. The number of rotatable bonds is 4. The molecule has 0 spiro atoms. The quantitative estimate of drug-likeness (QED) is 0.791. The fourth-order valence-corrected chi connectivity index (χ4v) is 1.28. The van der Waals surface area contributed by atoms with E-state index in [0.29, 0.717) is 12.0 Å². The van der Waals surface area contributed by atoms with Crippen LogP contribution < -0.4 is 0 Å². The van der Waals surface area contributed by atoms with Crippen LogP contribution in [0, 0.1) is 11.6 Å². The molecule has 1 N–H and O–H groups in total. The Morgan fingerprint density at radius 2 is 2.00 bits per heavy atom. The summed E-state index contributed by atoms with van der Waals surface area (Å²) in [6, 6.07) is 3.51. The number of aliphatic hydroxyl groups is 1. The minimum Gasteiger partial charge on any atom is -0.388 e. The Morgan fingerprint density at radius 3 is 2.57 bits per heavy atom. The molecule has 1 atom stereocenters. The van der Waals surface area contributed by atoms with Crippen LogP contribution in [0.4, 0.5) is 8.78 Å². The third-order valence-corrected chi connectivity index (χ3v) is 2.16. The second-order valence-corrected chi connectivity index (χ2v) is 3.33. The van der Waals surface area contributed by atoms with E-state index in [4.69, 9.17) is 0 Å². The number of hydrogen-bond donors (Lipinski definition) is 1. The zero-order chi connectivity index (χ0) is 10.6. The van der Waals surface area contributed by atoms with Crippen molar-refractivity contribution < 1.29 is 13.9 Å². The van der Waals surface area contributed by atoms with E-state index in [1.165, 1.54) is 6.07 Å². The predicted octanol–water partition coefficient (Wildman–Crippen LogP) is 3.19. The van der Waals surface area contributed by atoms with Crippen LogP contribution in [0.3, 0.4) is 0 Å². The first kappa shape index (κ1) is 11.1. The summed E-state index contributed by atoms with van der Waals surface area (Å²) in [4.78, 5) is 0. The molecule has 78 valence electrons. The van der Waals surface area contributed by atoms with Gasteiger partial charge in [0.25, 0.3) is 0 Å². The van der Waals surface area contributed by atoms with Crippen LogP contribution in [0.1, 0.15) is 37.9 Å². The highest BCUT2D eigenvalue weighted by Crippen LogP contribution is 2.20. The van der Waals surface area contributed by atoms with Crippen molar-refractivity contribution in [2.45, 2.75) is 32.3 Å². The van der Waals surface area contributed by atoms with Crippen LogP contribution in [-0.2, 0) is 0 Å². The van der Waals surface area contributed by atoms with Crippen molar-refractivity contribution in [2.24, 2.45) is 0 Å². The molecule has 3 heteroatoms. The number of hydrogen-bond acceptors (Lipinski definition) is 1. The summed E-state index contributed by atoms with van der Waals surface area (Å²) < 4.78 is 25.3. The summed E-state index contributed by atoms with van der Waals surface area (Å²) >= 11 is 0. The molecule has 0 saturated heterocycles. The Labute approximate surface area is 82.4 Å². The number of aliphatic hydroxyl groups excluding tert-OH is 1. The molecule has 1 nitrogen and oxygen atoms in total. The first-order valence-electron chi connectivity index (χ1n) is 4.78. The maximum absolute atomic E-state index is 12.8. The molecule has 1 aromatic rings. The standard InChI is InChI=1S/C11H14F2O/c1-2-3-4-11(14)8-5-6-9(12)10(13)7-8/h5-7,11,14H,2-4H2,1H3. The number of halogens is 2. The van der Waals surface area contributed by atoms with E-state index in [1.54, 1.807) is 0 Å². The summed E-state index contributed by atoms with van der Waals surface area (Å²) in [5, 5.41) is 9.58. The van der Waals surface area contributed by atoms with Crippen LogP contribution >= 0.6 is 0 Å². The molecule has 1 rings (SSSR count). The van der Waals surface area contributed by atoms with Gasteiger partial charge in [0, 0.05) is 0 Å². The molecule has 0 amide bonds. The van der Waals surface area contributed by atoms with Crippen molar-refractivity contribution in [3.05, 3.63) is 35.4 Å². The highest BCUT2D eigenvalue weighted by Gasteiger charge is 2.09. The first-order chi connectivity index (χ1) is 6.65. The van der Waals surface area contributed by atoms with Crippen molar-refractivity contribution >= 4 is 0 Å². The lowest BCUT2D eigenvalue weighted by molar-refractivity contribution is 0.163. The van der Waals surface area contributed by atoms with E-state index in [1.807, 2.05) is 6.92 Å². The van der Waals surface area contributed by atoms with E-state index in [0.717, 1.165) is 25.0 Å². The highest BCUT2D eigenvalue weighted by atomic mass is 19.2. The molecular weight excluding hydrogens is 186 g/mol. The second-order valence-electron chi connectivity index (χ2n) is 3.33.